The molecule has 0 aliphatic heterocycles. The summed E-state index contributed by atoms with van der Waals surface area (Å²) < 4.78 is 0. The Balaban J connectivity index is 3.47. The number of aliphatic hydroxyl groups excluding tert-OH is 2. The molecule has 0 aliphatic rings. The Morgan fingerprint density at radius 3 is 1.39 bits per heavy atom. The van der Waals surface area contributed by atoms with Crippen molar-refractivity contribution in [2.45, 2.75) is 103 Å². The van der Waals surface area contributed by atoms with Crippen LogP contribution in [-0.2, 0) is 0 Å². The highest BCUT2D eigenvalue weighted by molar-refractivity contribution is 4.84. The van der Waals surface area contributed by atoms with Gasteiger partial charge in [-0.2, -0.15) is 0 Å². The normalized spacial score (nSPS) is 12.3. The standard InChI is InChI=1S/C20H43NO2/c1-4-6-7-8-9-10-11-12-13-14-15-16-17-21(5-2)20(3,18-22)19-23/h22-23H,4-19H2,1-3H3. The van der Waals surface area contributed by atoms with Gasteiger partial charge in [-0.05, 0) is 26.4 Å². The highest BCUT2D eigenvalue weighted by Gasteiger charge is 2.28. The summed E-state index contributed by atoms with van der Waals surface area (Å²) in [5.41, 5.74) is -0.466. The Labute approximate surface area is 145 Å². The molecule has 0 heterocycles. The molecule has 0 amide bonds. The SMILES string of the molecule is CCCCCCCCCCCCCCN(CC)C(C)(CO)CO. The molecule has 0 unspecified atom stereocenters. The second-order valence-corrected chi connectivity index (χ2v) is 7.28. The molecule has 0 radical (unpaired) electrons. The summed E-state index contributed by atoms with van der Waals surface area (Å²) in [6.07, 6.45) is 16.3. The molecule has 0 bridgehead atoms. The average Bonchev–Trinajstić information content (AvgIpc) is 2.58. The van der Waals surface area contributed by atoms with Gasteiger partial charge >= 0.3 is 0 Å². The van der Waals surface area contributed by atoms with Gasteiger partial charge in [0.1, 0.15) is 0 Å². The minimum absolute atomic E-state index is 0.0234. The van der Waals surface area contributed by atoms with Crippen LogP contribution in [-0.4, -0.2) is 47.0 Å². The Kier molecular flexibility index (Phi) is 15.3. The van der Waals surface area contributed by atoms with Crippen LogP contribution >= 0.6 is 0 Å². The van der Waals surface area contributed by atoms with E-state index in [1.54, 1.807) is 0 Å². The second kappa shape index (κ2) is 15.4. The van der Waals surface area contributed by atoms with Crippen LogP contribution < -0.4 is 0 Å². The van der Waals surface area contributed by atoms with Crippen molar-refractivity contribution in [3.63, 3.8) is 0 Å². The van der Waals surface area contributed by atoms with Gasteiger partial charge in [-0.1, -0.05) is 84.5 Å². The fraction of sp³-hybridized carbons (Fsp3) is 1.00. The van der Waals surface area contributed by atoms with Gasteiger partial charge in [0.05, 0.1) is 18.8 Å². The zero-order valence-electron chi connectivity index (χ0n) is 16.2. The van der Waals surface area contributed by atoms with Gasteiger partial charge < -0.3 is 10.2 Å². The molecule has 0 fully saturated rings. The fourth-order valence-electron chi connectivity index (χ4n) is 3.20. The maximum absolute atomic E-state index is 9.48. The Hall–Kier alpha value is -0.120. The molecule has 0 spiro atoms. The lowest BCUT2D eigenvalue weighted by molar-refractivity contribution is 0.00140. The van der Waals surface area contributed by atoms with E-state index in [1.165, 1.54) is 77.0 Å². The second-order valence-electron chi connectivity index (χ2n) is 7.28. The monoisotopic (exact) mass is 329 g/mol. The Morgan fingerprint density at radius 1 is 0.652 bits per heavy atom. The Morgan fingerprint density at radius 2 is 1.04 bits per heavy atom. The van der Waals surface area contributed by atoms with Crippen molar-refractivity contribution in [3.8, 4) is 0 Å². The molecule has 0 saturated heterocycles. The predicted molar refractivity (Wildman–Crippen MR) is 101 cm³/mol. The van der Waals surface area contributed by atoms with Crippen molar-refractivity contribution in [2.75, 3.05) is 26.3 Å². The van der Waals surface area contributed by atoms with Crippen LogP contribution in [0.4, 0.5) is 0 Å². The predicted octanol–water partition coefficient (Wildman–Crippen LogP) is 4.75. The molecule has 0 saturated carbocycles. The molecule has 3 heteroatoms. The van der Waals surface area contributed by atoms with E-state index in [9.17, 15) is 10.2 Å². The van der Waals surface area contributed by atoms with Gasteiger partial charge in [0, 0.05) is 0 Å². The molecular weight excluding hydrogens is 286 g/mol. The van der Waals surface area contributed by atoms with Crippen molar-refractivity contribution in [3.05, 3.63) is 0 Å². The largest absolute Gasteiger partial charge is 0.394 e. The summed E-state index contributed by atoms with van der Waals surface area (Å²) in [5, 5.41) is 19.0. The lowest BCUT2D eigenvalue weighted by Crippen LogP contribution is -2.52. The van der Waals surface area contributed by atoms with Crippen molar-refractivity contribution in [2.24, 2.45) is 0 Å². The van der Waals surface area contributed by atoms with Gasteiger partial charge in [0.25, 0.3) is 0 Å². The van der Waals surface area contributed by atoms with E-state index in [2.05, 4.69) is 18.7 Å². The van der Waals surface area contributed by atoms with E-state index in [4.69, 9.17) is 0 Å². The lowest BCUT2D eigenvalue weighted by Gasteiger charge is -2.38. The van der Waals surface area contributed by atoms with Crippen LogP contribution in [0.5, 0.6) is 0 Å². The highest BCUT2D eigenvalue weighted by atomic mass is 16.3. The van der Waals surface area contributed by atoms with E-state index in [1.807, 2.05) is 6.92 Å². The van der Waals surface area contributed by atoms with Crippen LogP contribution in [0.3, 0.4) is 0 Å². The van der Waals surface area contributed by atoms with E-state index in [0.29, 0.717) is 0 Å². The van der Waals surface area contributed by atoms with Crippen molar-refractivity contribution in [1.82, 2.24) is 4.90 Å². The summed E-state index contributed by atoms with van der Waals surface area (Å²) in [6, 6.07) is 0. The molecule has 2 N–H and O–H groups in total. The number of aliphatic hydroxyl groups is 2. The minimum Gasteiger partial charge on any atom is -0.394 e. The maximum atomic E-state index is 9.48. The smallest absolute Gasteiger partial charge is 0.0644 e. The maximum Gasteiger partial charge on any atom is 0.0644 e. The molecule has 0 aliphatic carbocycles. The highest BCUT2D eigenvalue weighted by Crippen LogP contribution is 2.16. The van der Waals surface area contributed by atoms with Gasteiger partial charge in [0.2, 0.25) is 0 Å². The van der Waals surface area contributed by atoms with Crippen molar-refractivity contribution >= 4 is 0 Å². The topological polar surface area (TPSA) is 43.7 Å². The first-order valence-electron chi connectivity index (χ1n) is 10.1. The van der Waals surface area contributed by atoms with Gasteiger partial charge in [-0.15, -0.1) is 0 Å². The number of likely N-dealkylation sites (N-methyl/N-ethyl adjacent to an activating group) is 1. The minimum atomic E-state index is -0.466. The molecule has 3 nitrogen and oxygen atoms in total. The molecule has 140 valence electrons. The van der Waals surface area contributed by atoms with Crippen molar-refractivity contribution < 1.29 is 10.2 Å². The number of rotatable bonds is 17. The van der Waals surface area contributed by atoms with Crippen LogP contribution in [0.1, 0.15) is 97.8 Å². The Bertz CT molecular complexity index is 242. The first-order chi connectivity index (χ1) is 11.1. The van der Waals surface area contributed by atoms with Gasteiger partial charge in [-0.25, -0.2) is 0 Å². The molecule has 0 aromatic rings. The quantitative estimate of drug-likeness (QED) is 0.378. The zero-order chi connectivity index (χ0) is 17.4. The fourth-order valence-corrected chi connectivity index (χ4v) is 3.20. The summed E-state index contributed by atoms with van der Waals surface area (Å²) in [5.74, 6) is 0. The molecule has 23 heavy (non-hydrogen) atoms. The van der Waals surface area contributed by atoms with Crippen LogP contribution in [0, 0.1) is 0 Å². The van der Waals surface area contributed by atoms with Crippen LogP contribution in [0.15, 0.2) is 0 Å². The number of nitrogens with zero attached hydrogens (tertiary/aromatic N) is 1. The third-order valence-corrected chi connectivity index (χ3v) is 5.11. The first kappa shape index (κ1) is 22.9. The molecular formula is C20H43NO2. The van der Waals surface area contributed by atoms with E-state index in [-0.39, 0.29) is 13.2 Å². The zero-order valence-corrected chi connectivity index (χ0v) is 16.2. The number of hydrogen-bond acceptors (Lipinski definition) is 3. The average molecular weight is 330 g/mol. The van der Waals surface area contributed by atoms with Gasteiger partial charge in [-0.3, -0.25) is 4.90 Å². The molecule has 0 aromatic heterocycles. The van der Waals surface area contributed by atoms with Gasteiger partial charge in [0.15, 0.2) is 0 Å². The summed E-state index contributed by atoms with van der Waals surface area (Å²) in [4.78, 5) is 2.21. The lowest BCUT2D eigenvalue weighted by atomic mass is 10.0. The first-order valence-corrected chi connectivity index (χ1v) is 10.1. The van der Waals surface area contributed by atoms with Crippen LogP contribution in [0.25, 0.3) is 0 Å². The van der Waals surface area contributed by atoms with E-state index in [0.717, 1.165) is 13.1 Å². The summed E-state index contributed by atoms with van der Waals surface area (Å²) in [7, 11) is 0. The summed E-state index contributed by atoms with van der Waals surface area (Å²) in [6.45, 7) is 8.22. The van der Waals surface area contributed by atoms with E-state index < -0.39 is 5.54 Å². The van der Waals surface area contributed by atoms with E-state index >= 15 is 0 Å². The third kappa shape index (κ3) is 11.1. The third-order valence-electron chi connectivity index (χ3n) is 5.11. The van der Waals surface area contributed by atoms with Crippen LogP contribution in [0.2, 0.25) is 0 Å². The number of hydrogen-bond donors (Lipinski definition) is 2. The molecule has 0 atom stereocenters. The molecule has 0 rings (SSSR count). The molecule has 0 aromatic carbocycles. The van der Waals surface area contributed by atoms with Crippen molar-refractivity contribution in [1.29, 1.82) is 0 Å². The number of unbranched alkanes of at least 4 members (excludes halogenated alkanes) is 11. The summed E-state index contributed by atoms with van der Waals surface area (Å²) >= 11 is 0.